The highest BCUT2D eigenvalue weighted by molar-refractivity contribution is 7.18. The molecule has 122 valence electrons. The van der Waals surface area contributed by atoms with E-state index in [0.29, 0.717) is 0 Å². The monoisotopic (exact) mass is 330 g/mol. The molecule has 1 aliphatic rings. The van der Waals surface area contributed by atoms with Crippen LogP contribution >= 0.6 is 11.3 Å². The molecule has 1 aliphatic carbocycles. The number of hydrogen-bond donors (Lipinski definition) is 2. The third kappa shape index (κ3) is 3.46. The first-order valence-electron chi connectivity index (χ1n) is 8.14. The number of hydrogen-bond acceptors (Lipinski definition) is 4. The van der Waals surface area contributed by atoms with Crippen LogP contribution in [0.2, 0.25) is 0 Å². The molecule has 0 saturated carbocycles. The number of thiazole rings is 1. The van der Waals surface area contributed by atoms with E-state index in [1.54, 1.807) is 11.3 Å². The Hall–Kier alpha value is -1.72. The zero-order valence-corrected chi connectivity index (χ0v) is 14.1. The summed E-state index contributed by atoms with van der Waals surface area (Å²) >= 11 is 1.68. The van der Waals surface area contributed by atoms with Gasteiger partial charge in [0.2, 0.25) is 5.91 Å². The number of amides is 1. The Bertz CT molecular complexity index is 673. The molecule has 3 unspecified atom stereocenters. The number of fused-ring (bicyclic) bond motifs is 1. The summed E-state index contributed by atoms with van der Waals surface area (Å²) < 4.78 is 1.16. The number of aliphatic hydroxyl groups is 1. The van der Waals surface area contributed by atoms with Crippen LogP contribution in [-0.2, 0) is 4.79 Å². The zero-order chi connectivity index (χ0) is 16.2. The zero-order valence-electron chi connectivity index (χ0n) is 13.2. The summed E-state index contributed by atoms with van der Waals surface area (Å²) in [5, 5.41) is 13.3. The minimum absolute atomic E-state index is 0.0173. The molecule has 3 atom stereocenters. The minimum atomic E-state index is -0.163. The van der Waals surface area contributed by atoms with E-state index in [2.05, 4.69) is 23.5 Å². The van der Waals surface area contributed by atoms with Gasteiger partial charge in [0.05, 0.1) is 33.8 Å². The third-order valence-electron chi connectivity index (χ3n) is 4.46. The summed E-state index contributed by atoms with van der Waals surface area (Å²) in [7, 11) is 0. The maximum absolute atomic E-state index is 12.6. The van der Waals surface area contributed by atoms with Crippen molar-refractivity contribution in [3.05, 3.63) is 41.4 Å². The van der Waals surface area contributed by atoms with Gasteiger partial charge in [-0.15, -0.1) is 11.3 Å². The van der Waals surface area contributed by atoms with E-state index in [-0.39, 0.29) is 30.4 Å². The Morgan fingerprint density at radius 2 is 2.17 bits per heavy atom. The van der Waals surface area contributed by atoms with Crippen LogP contribution in [0, 0.1) is 5.92 Å². The van der Waals surface area contributed by atoms with Crippen molar-refractivity contribution in [2.24, 2.45) is 5.92 Å². The average molecular weight is 330 g/mol. The van der Waals surface area contributed by atoms with Gasteiger partial charge >= 0.3 is 0 Å². The van der Waals surface area contributed by atoms with Crippen molar-refractivity contribution >= 4 is 27.5 Å². The van der Waals surface area contributed by atoms with Gasteiger partial charge in [-0.1, -0.05) is 31.2 Å². The van der Waals surface area contributed by atoms with Gasteiger partial charge in [-0.2, -0.15) is 0 Å². The Morgan fingerprint density at radius 3 is 2.91 bits per heavy atom. The molecule has 23 heavy (non-hydrogen) atoms. The fraction of sp³-hybridized carbons (Fsp3) is 0.444. The maximum atomic E-state index is 12.6. The third-order valence-corrected chi connectivity index (χ3v) is 5.62. The van der Waals surface area contributed by atoms with E-state index < -0.39 is 0 Å². The molecule has 1 aromatic carbocycles. The quantitative estimate of drug-likeness (QED) is 0.827. The van der Waals surface area contributed by atoms with Crippen LogP contribution in [0.3, 0.4) is 0 Å². The summed E-state index contributed by atoms with van der Waals surface area (Å²) in [6, 6.07) is 7.93. The second-order valence-corrected chi connectivity index (χ2v) is 7.03. The Balaban J connectivity index is 1.83. The molecule has 0 saturated heterocycles. The molecule has 2 aromatic rings. The molecule has 1 heterocycles. The standard InChI is InChI=1S/C18H22N2O2S/c1-2-12(11-21)19-17(22)13-7-3-4-8-14(13)18-20-15-9-5-6-10-16(15)23-18/h3-6,9-10,12-14,21H,2,7-8,11H2,1H3,(H,19,22). The van der Waals surface area contributed by atoms with E-state index in [9.17, 15) is 9.90 Å². The van der Waals surface area contributed by atoms with Crippen molar-refractivity contribution in [3.63, 3.8) is 0 Å². The second-order valence-electron chi connectivity index (χ2n) is 5.97. The highest BCUT2D eigenvalue weighted by Crippen LogP contribution is 2.38. The lowest BCUT2D eigenvalue weighted by Crippen LogP contribution is -2.42. The molecule has 0 fully saturated rings. The molecule has 1 amide bonds. The molecule has 1 aromatic heterocycles. The highest BCUT2D eigenvalue weighted by Gasteiger charge is 2.32. The normalized spacial score (nSPS) is 22.2. The Kier molecular flexibility index (Phi) is 5.08. The fourth-order valence-corrected chi connectivity index (χ4v) is 4.16. The second kappa shape index (κ2) is 7.23. The number of benzene rings is 1. The number of carbonyl (C=O) groups excluding carboxylic acids is 1. The van der Waals surface area contributed by atoms with E-state index >= 15 is 0 Å². The van der Waals surface area contributed by atoms with Gasteiger partial charge in [-0.05, 0) is 31.4 Å². The van der Waals surface area contributed by atoms with Crippen molar-refractivity contribution < 1.29 is 9.90 Å². The number of carbonyl (C=O) groups is 1. The van der Waals surface area contributed by atoms with E-state index in [1.165, 1.54) is 0 Å². The predicted molar refractivity (Wildman–Crippen MR) is 93.5 cm³/mol. The number of aromatic nitrogens is 1. The van der Waals surface area contributed by atoms with Crippen LogP contribution in [0.5, 0.6) is 0 Å². The smallest absolute Gasteiger partial charge is 0.224 e. The lowest BCUT2D eigenvalue weighted by atomic mass is 9.82. The van der Waals surface area contributed by atoms with E-state index in [1.807, 2.05) is 25.1 Å². The van der Waals surface area contributed by atoms with Gasteiger partial charge in [0, 0.05) is 5.92 Å². The summed E-state index contributed by atoms with van der Waals surface area (Å²) in [6.45, 7) is 1.95. The number of allylic oxidation sites excluding steroid dienone is 2. The lowest BCUT2D eigenvalue weighted by Gasteiger charge is -2.27. The van der Waals surface area contributed by atoms with E-state index in [0.717, 1.165) is 34.5 Å². The van der Waals surface area contributed by atoms with Crippen LogP contribution in [0.4, 0.5) is 0 Å². The van der Waals surface area contributed by atoms with Gasteiger partial charge < -0.3 is 10.4 Å². The van der Waals surface area contributed by atoms with Crippen molar-refractivity contribution in [2.75, 3.05) is 6.61 Å². The number of para-hydroxylation sites is 1. The molecule has 0 radical (unpaired) electrons. The SMILES string of the molecule is CCC(CO)NC(=O)C1CC=CCC1c1nc2ccccc2s1. The number of rotatable bonds is 5. The number of nitrogens with zero attached hydrogens (tertiary/aromatic N) is 1. The molecule has 3 rings (SSSR count). The van der Waals surface area contributed by atoms with Crippen LogP contribution in [0.1, 0.15) is 37.1 Å². The minimum Gasteiger partial charge on any atom is -0.394 e. The first-order chi connectivity index (χ1) is 11.2. The van der Waals surface area contributed by atoms with Gasteiger partial charge in [0.15, 0.2) is 0 Å². The first-order valence-corrected chi connectivity index (χ1v) is 8.96. The number of nitrogens with one attached hydrogen (secondary N) is 1. The first kappa shape index (κ1) is 16.1. The summed E-state index contributed by atoms with van der Waals surface area (Å²) in [6.07, 6.45) is 6.52. The van der Waals surface area contributed by atoms with Crippen molar-refractivity contribution in [3.8, 4) is 0 Å². The van der Waals surface area contributed by atoms with Gasteiger partial charge in [0.25, 0.3) is 0 Å². The topological polar surface area (TPSA) is 62.2 Å². The summed E-state index contributed by atoms with van der Waals surface area (Å²) in [4.78, 5) is 17.4. The molecule has 4 nitrogen and oxygen atoms in total. The molecule has 0 bridgehead atoms. The van der Waals surface area contributed by atoms with Gasteiger partial charge in [-0.25, -0.2) is 4.98 Å². The van der Waals surface area contributed by atoms with Gasteiger partial charge in [-0.3, -0.25) is 4.79 Å². The Morgan fingerprint density at radius 1 is 1.39 bits per heavy atom. The predicted octanol–water partition coefficient (Wildman–Crippen LogP) is 3.23. The van der Waals surface area contributed by atoms with Crippen molar-refractivity contribution in [2.45, 2.75) is 38.1 Å². The highest BCUT2D eigenvalue weighted by atomic mass is 32.1. The number of aliphatic hydroxyl groups excluding tert-OH is 1. The van der Waals surface area contributed by atoms with Crippen LogP contribution < -0.4 is 5.32 Å². The molecular weight excluding hydrogens is 308 g/mol. The lowest BCUT2D eigenvalue weighted by molar-refractivity contribution is -0.126. The molecule has 0 spiro atoms. The van der Waals surface area contributed by atoms with Crippen LogP contribution in [-0.4, -0.2) is 28.6 Å². The largest absolute Gasteiger partial charge is 0.394 e. The van der Waals surface area contributed by atoms with Crippen LogP contribution in [0.25, 0.3) is 10.2 Å². The molecular formula is C18H22N2O2S. The average Bonchev–Trinajstić information content (AvgIpc) is 3.03. The Labute approximate surface area is 140 Å². The summed E-state index contributed by atoms with van der Waals surface area (Å²) in [5.41, 5.74) is 1.00. The molecule has 0 aliphatic heterocycles. The van der Waals surface area contributed by atoms with E-state index in [4.69, 9.17) is 4.98 Å². The van der Waals surface area contributed by atoms with Crippen LogP contribution in [0.15, 0.2) is 36.4 Å². The fourth-order valence-electron chi connectivity index (χ4n) is 3.01. The molecule has 2 N–H and O–H groups in total. The van der Waals surface area contributed by atoms with Gasteiger partial charge in [0.1, 0.15) is 0 Å². The van der Waals surface area contributed by atoms with Crippen molar-refractivity contribution in [1.29, 1.82) is 0 Å². The summed E-state index contributed by atoms with van der Waals surface area (Å²) in [5.74, 6) is 0.0364. The molecule has 5 heteroatoms. The van der Waals surface area contributed by atoms with Crippen molar-refractivity contribution in [1.82, 2.24) is 10.3 Å². The maximum Gasteiger partial charge on any atom is 0.224 e.